The summed E-state index contributed by atoms with van der Waals surface area (Å²) >= 11 is 0. The molecule has 20 heavy (non-hydrogen) atoms. The van der Waals surface area contributed by atoms with Gasteiger partial charge in [-0.25, -0.2) is 0 Å². The van der Waals surface area contributed by atoms with Crippen LogP contribution >= 0.6 is 0 Å². The smallest absolute Gasteiger partial charge is 0.00773 e. The number of allylic oxidation sites excluding steroid dienone is 1. The topological polar surface area (TPSA) is 26.0 Å². The van der Waals surface area contributed by atoms with E-state index < -0.39 is 0 Å². The summed E-state index contributed by atoms with van der Waals surface area (Å²) in [7, 11) is 0. The Morgan fingerprint density at radius 1 is 0.650 bits per heavy atom. The van der Waals surface area contributed by atoms with Gasteiger partial charge >= 0.3 is 0 Å². The molecule has 0 bridgehead atoms. The van der Waals surface area contributed by atoms with E-state index in [0.717, 1.165) is 6.54 Å². The summed E-state index contributed by atoms with van der Waals surface area (Å²) in [6, 6.07) is 0. The molecule has 0 radical (unpaired) electrons. The third kappa shape index (κ3) is 15.8. The van der Waals surface area contributed by atoms with E-state index in [-0.39, 0.29) is 0 Å². The Morgan fingerprint density at radius 2 is 1.05 bits per heavy atom. The molecule has 0 aromatic rings. The molecule has 0 saturated heterocycles. The molecule has 1 nitrogen and oxygen atoms in total. The molecule has 0 aromatic heterocycles. The molecule has 0 fully saturated rings. The molecule has 0 atom stereocenters. The van der Waals surface area contributed by atoms with E-state index in [2.05, 4.69) is 13.5 Å². The zero-order valence-corrected chi connectivity index (χ0v) is 14.1. The van der Waals surface area contributed by atoms with Gasteiger partial charge in [-0.15, -0.1) is 0 Å². The quantitative estimate of drug-likeness (QED) is 0.258. The fourth-order valence-electron chi connectivity index (χ4n) is 2.68. The maximum Gasteiger partial charge on any atom is -0.00773 e. The molecule has 2 N–H and O–H groups in total. The van der Waals surface area contributed by atoms with Crippen molar-refractivity contribution in [3.8, 4) is 0 Å². The van der Waals surface area contributed by atoms with Crippen LogP contribution in [0.2, 0.25) is 0 Å². The number of unbranched alkanes of at least 4 members (excludes halogenated alkanes) is 11. The molecule has 0 saturated carbocycles. The summed E-state index contributed by atoms with van der Waals surface area (Å²) < 4.78 is 0. The van der Waals surface area contributed by atoms with Crippen LogP contribution in [0.5, 0.6) is 0 Å². The summed E-state index contributed by atoms with van der Waals surface area (Å²) in [5.41, 5.74) is 6.98. The highest BCUT2D eigenvalue weighted by Gasteiger charge is 1.97. The maximum absolute atomic E-state index is 5.49. The average Bonchev–Trinajstić information content (AvgIpc) is 2.45. The second-order valence-corrected chi connectivity index (χ2v) is 6.28. The monoisotopic (exact) mass is 281 g/mol. The van der Waals surface area contributed by atoms with E-state index in [9.17, 15) is 0 Å². The van der Waals surface area contributed by atoms with E-state index in [1.165, 1.54) is 102 Å². The zero-order chi connectivity index (χ0) is 14.9. The molecule has 120 valence electrons. The highest BCUT2D eigenvalue weighted by Crippen LogP contribution is 2.16. The lowest BCUT2D eigenvalue weighted by Gasteiger charge is -2.06. The van der Waals surface area contributed by atoms with Gasteiger partial charge in [0.15, 0.2) is 0 Å². The van der Waals surface area contributed by atoms with Gasteiger partial charge < -0.3 is 5.73 Å². The molecule has 0 aliphatic rings. The van der Waals surface area contributed by atoms with Crippen LogP contribution in [0.15, 0.2) is 12.2 Å². The molecule has 0 spiro atoms. The largest absolute Gasteiger partial charge is 0.330 e. The summed E-state index contributed by atoms with van der Waals surface area (Å²) in [6.07, 6.45) is 20.3. The maximum atomic E-state index is 5.49. The third-order valence-corrected chi connectivity index (χ3v) is 4.12. The van der Waals surface area contributed by atoms with E-state index in [4.69, 9.17) is 5.73 Å². The summed E-state index contributed by atoms with van der Waals surface area (Å²) in [5.74, 6) is 0. The second kappa shape index (κ2) is 16.8. The summed E-state index contributed by atoms with van der Waals surface area (Å²) in [4.78, 5) is 0. The number of hydrogen-bond donors (Lipinski definition) is 1. The molecule has 0 aromatic carbocycles. The molecular weight excluding hydrogens is 242 g/mol. The molecule has 0 heterocycles. The lowest BCUT2D eigenvalue weighted by atomic mass is 10.0. The predicted molar refractivity (Wildman–Crippen MR) is 93.1 cm³/mol. The van der Waals surface area contributed by atoms with Crippen molar-refractivity contribution < 1.29 is 0 Å². The van der Waals surface area contributed by atoms with Gasteiger partial charge in [0.25, 0.3) is 0 Å². The van der Waals surface area contributed by atoms with Gasteiger partial charge in [-0.1, -0.05) is 83.3 Å². The summed E-state index contributed by atoms with van der Waals surface area (Å²) in [6.45, 7) is 7.37. The number of hydrogen-bond acceptors (Lipinski definition) is 1. The van der Waals surface area contributed by atoms with Crippen molar-refractivity contribution in [3.63, 3.8) is 0 Å². The molecule has 0 amide bonds. The third-order valence-electron chi connectivity index (χ3n) is 4.12. The van der Waals surface area contributed by atoms with Crippen LogP contribution in [0, 0.1) is 0 Å². The molecular formula is C19H39N. The van der Waals surface area contributed by atoms with Gasteiger partial charge in [0.2, 0.25) is 0 Å². The zero-order valence-electron chi connectivity index (χ0n) is 14.1. The Balaban J connectivity index is 3.13. The fraction of sp³-hybridized carbons (Fsp3) is 0.895. The van der Waals surface area contributed by atoms with Gasteiger partial charge in [-0.05, 0) is 38.6 Å². The van der Waals surface area contributed by atoms with Crippen LogP contribution in [0.4, 0.5) is 0 Å². The van der Waals surface area contributed by atoms with Crippen molar-refractivity contribution in [1.29, 1.82) is 0 Å². The first-order valence-corrected chi connectivity index (χ1v) is 9.18. The Kier molecular flexibility index (Phi) is 16.5. The van der Waals surface area contributed by atoms with Crippen LogP contribution < -0.4 is 5.73 Å². The van der Waals surface area contributed by atoms with Crippen LogP contribution in [-0.2, 0) is 0 Å². The lowest BCUT2D eigenvalue weighted by molar-refractivity contribution is 0.573. The van der Waals surface area contributed by atoms with Gasteiger partial charge in [-0.3, -0.25) is 0 Å². The van der Waals surface area contributed by atoms with E-state index >= 15 is 0 Å². The van der Waals surface area contributed by atoms with E-state index in [1.807, 2.05) is 0 Å². The number of rotatable bonds is 16. The van der Waals surface area contributed by atoms with Crippen LogP contribution in [0.25, 0.3) is 0 Å². The minimum atomic E-state index is 0.856. The Labute approximate surface area is 128 Å². The first-order chi connectivity index (χ1) is 9.81. The van der Waals surface area contributed by atoms with Crippen molar-refractivity contribution in [2.24, 2.45) is 5.73 Å². The Bertz CT molecular complexity index is 178. The lowest BCUT2D eigenvalue weighted by Crippen LogP contribution is -1.97. The van der Waals surface area contributed by atoms with Gasteiger partial charge in [0.05, 0.1) is 0 Å². The Hall–Kier alpha value is -0.300. The van der Waals surface area contributed by atoms with Gasteiger partial charge in [0.1, 0.15) is 0 Å². The minimum absolute atomic E-state index is 0.856. The average molecular weight is 282 g/mol. The van der Waals surface area contributed by atoms with Crippen molar-refractivity contribution in [2.45, 2.75) is 103 Å². The molecule has 0 aliphatic carbocycles. The highest BCUT2D eigenvalue weighted by atomic mass is 14.5. The van der Waals surface area contributed by atoms with E-state index in [1.54, 1.807) is 0 Å². The number of nitrogens with two attached hydrogens (primary N) is 1. The first-order valence-electron chi connectivity index (χ1n) is 9.18. The fourth-order valence-corrected chi connectivity index (χ4v) is 2.68. The molecule has 1 heteroatoms. The van der Waals surface area contributed by atoms with Crippen molar-refractivity contribution in [1.82, 2.24) is 0 Å². The normalized spacial score (nSPS) is 10.9. The molecule has 0 rings (SSSR count). The molecule has 0 unspecified atom stereocenters. The van der Waals surface area contributed by atoms with Crippen molar-refractivity contribution in [2.75, 3.05) is 6.54 Å². The highest BCUT2D eigenvalue weighted by molar-refractivity contribution is 4.93. The SMILES string of the molecule is C=C(CCCCCCCCC)CCCCCCCCN. The van der Waals surface area contributed by atoms with Gasteiger partial charge in [-0.2, -0.15) is 0 Å². The minimum Gasteiger partial charge on any atom is -0.330 e. The standard InChI is InChI=1S/C19H39N/c1-3-4-5-6-7-10-13-16-19(2)17-14-11-8-9-12-15-18-20/h2-18,20H2,1H3. The predicted octanol–water partition coefficient (Wildman–Crippen LogP) is 6.37. The van der Waals surface area contributed by atoms with Crippen LogP contribution in [-0.4, -0.2) is 6.54 Å². The van der Waals surface area contributed by atoms with E-state index in [0.29, 0.717) is 0 Å². The Morgan fingerprint density at radius 3 is 1.50 bits per heavy atom. The van der Waals surface area contributed by atoms with Crippen molar-refractivity contribution in [3.05, 3.63) is 12.2 Å². The second-order valence-electron chi connectivity index (χ2n) is 6.28. The van der Waals surface area contributed by atoms with Crippen LogP contribution in [0.3, 0.4) is 0 Å². The van der Waals surface area contributed by atoms with Crippen LogP contribution in [0.1, 0.15) is 103 Å². The van der Waals surface area contributed by atoms with Crippen molar-refractivity contribution >= 4 is 0 Å². The summed E-state index contributed by atoms with van der Waals surface area (Å²) in [5, 5.41) is 0. The first kappa shape index (κ1) is 19.7. The molecule has 0 aliphatic heterocycles. The van der Waals surface area contributed by atoms with Gasteiger partial charge in [0, 0.05) is 0 Å².